The predicted molar refractivity (Wildman–Crippen MR) is 69.0 cm³/mol. The second kappa shape index (κ2) is 4.17. The molecule has 3 rings (SSSR count). The number of fused-ring (bicyclic) bond motifs is 2. The van der Waals surface area contributed by atoms with Crippen molar-refractivity contribution < 1.29 is 9.84 Å². The Balaban J connectivity index is 2.16. The molecule has 86 valence electrons. The molecule has 3 heteroatoms. The molecule has 0 amide bonds. The Hall–Kier alpha value is -1.32. The molecular formula is C14H11BrO2. The Bertz CT molecular complexity index is 566. The second-order valence-corrected chi connectivity index (χ2v) is 4.99. The molecule has 1 aliphatic rings. The summed E-state index contributed by atoms with van der Waals surface area (Å²) in [6.45, 7) is 0.497. The Morgan fingerprint density at radius 2 is 1.94 bits per heavy atom. The Kier molecular flexibility index (Phi) is 2.65. The molecule has 1 N–H and O–H groups in total. The van der Waals surface area contributed by atoms with E-state index in [1.807, 2.05) is 42.5 Å². The summed E-state index contributed by atoms with van der Waals surface area (Å²) in [4.78, 5) is 0. The van der Waals surface area contributed by atoms with Crippen LogP contribution in [0, 0.1) is 0 Å². The average Bonchev–Trinajstić information content (AvgIpc) is 2.48. The van der Waals surface area contributed by atoms with Crippen molar-refractivity contribution in [3.63, 3.8) is 0 Å². The fourth-order valence-electron chi connectivity index (χ4n) is 2.11. The molecule has 0 radical (unpaired) electrons. The van der Waals surface area contributed by atoms with E-state index in [0.717, 1.165) is 26.9 Å². The van der Waals surface area contributed by atoms with E-state index in [9.17, 15) is 5.11 Å². The molecule has 0 fully saturated rings. The molecule has 0 saturated carbocycles. The van der Waals surface area contributed by atoms with Crippen LogP contribution in [0.25, 0.3) is 0 Å². The summed E-state index contributed by atoms with van der Waals surface area (Å²) in [6.07, 6.45) is -0.614. The molecule has 1 unspecified atom stereocenters. The number of rotatable bonds is 0. The van der Waals surface area contributed by atoms with Crippen LogP contribution < -0.4 is 4.74 Å². The highest BCUT2D eigenvalue weighted by Gasteiger charge is 2.22. The van der Waals surface area contributed by atoms with Gasteiger partial charge in [-0.25, -0.2) is 0 Å². The zero-order valence-electron chi connectivity index (χ0n) is 9.06. The van der Waals surface area contributed by atoms with Crippen molar-refractivity contribution in [1.29, 1.82) is 0 Å². The van der Waals surface area contributed by atoms with Gasteiger partial charge < -0.3 is 9.84 Å². The predicted octanol–water partition coefficient (Wildman–Crippen LogP) is 3.42. The number of halogens is 1. The van der Waals surface area contributed by atoms with Gasteiger partial charge in [0.15, 0.2) is 0 Å². The normalized spacial score (nSPS) is 17.6. The van der Waals surface area contributed by atoms with Crippen LogP contribution in [-0.4, -0.2) is 5.11 Å². The lowest BCUT2D eigenvalue weighted by atomic mass is 9.98. The van der Waals surface area contributed by atoms with Crippen molar-refractivity contribution in [1.82, 2.24) is 0 Å². The van der Waals surface area contributed by atoms with Gasteiger partial charge in [-0.05, 0) is 23.3 Å². The minimum atomic E-state index is -0.614. The van der Waals surface area contributed by atoms with Crippen LogP contribution in [0.1, 0.15) is 22.8 Å². The van der Waals surface area contributed by atoms with Crippen LogP contribution >= 0.6 is 15.9 Å². The highest BCUT2D eigenvalue weighted by molar-refractivity contribution is 9.10. The van der Waals surface area contributed by atoms with E-state index in [1.54, 1.807) is 0 Å². The Morgan fingerprint density at radius 1 is 1.12 bits per heavy atom. The third-order valence-electron chi connectivity index (χ3n) is 3.00. The van der Waals surface area contributed by atoms with Crippen molar-refractivity contribution >= 4 is 15.9 Å². The van der Waals surface area contributed by atoms with Crippen molar-refractivity contribution in [3.8, 4) is 5.75 Å². The lowest BCUT2D eigenvalue weighted by molar-refractivity contribution is 0.218. The SMILES string of the molecule is OC1c2ccccc2COc2cc(Br)ccc21. The lowest BCUT2D eigenvalue weighted by Gasteiger charge is -2.12. The van der Waals surface area contributed by atoms with E-state index in [1.165, 1.54) is 0 Å². The number of aliphatic hydroxyl groups excluding tert-OH is 1. The first kappa shape index (κ1) is 10.8. The van der Waals surface area contributed by atoms with Gasteiger partial charge in [0, 0.05) is 10.0 Å². The fourth-order valence-corrected chi connectivity index (χ4v) is 2.45. The molecular weight excluding hydrogens is 280 g/mol. The number of aliphatic hydroxyl groups is 1. The third-order valence-corrected chi connectivity index (χ3v) is 3.50. The quantitative estimate of drug-likeness (QED) is 0.806. The molecule has 0 saturated heterocycles. The van der Waals surface area contributed by atoms with Crippen molar-refractivity contribution in [3.05, 3.63) is 63.6 Å². The standard InChI is InChI=1S/C14H11BrO2/c15-10-5-6-12-13(7-10)17-8-9-3-1-2-4-11(9)14(12)16/h1-7,14,16H,8H2. The molecule has 1 heterocycles. The van der Waals surface area contributed by atoms with Crippen LogP contribution in [0.15, 0.2) is 46.9 Å². The van der Waals surface area contributed by atoms with Gasteiger partial charge in [-0.15, -0.1) is 0 Å². The van der Waals surface area contributed by atoms with Crippen LogP contribution in [0.2, 0.25) is 0 Å². The zero-order chi connectivity index (χ0) is 11.8. The number of ether oxygens (including phenoxy) is 1. The van der Waals surface area contributed by atoms with Crippen LogP contribution in [0.4, 0.5) is 0 Å². The first-order chi connectivity index (χ1) is 8.25. The molecule has 2 nitrogen and oxygen atoms in total. The average molecular weight is 291 g/mol. The molecule has 2 aromatic carbocycles. The van der Waals surface area contributed by atoms with Crippen LogP contribution in [0.3, 0.4) is 0 Å². The molecule has 1 aliphatic heterocycles. The maximum absolute atomic E-state index is 10.4. The minimum Gasteiger partial charge on any atom is -0.488 e. The zero-order valence-corrected chi connectivity index (χ0v) is 10.6. The van der Waals surface area contributed by atoms with Crippen LogP contribution in [0.5, 0.6) is 5.75 Å². The molecule has 1 atom stereocenters. The maximum atomic E-state index is 10.4. The van der Waals surface area contributed by atoms with Gasteiger partial charge in [-0.1, -0.05) is 46.3 Å². The largest absolute Gasteiger partial charge is 0.488 e. The minimum absolute atomic E-state index is 0.497. The van der Waals surface area contributed by atoms with E-state index >= 15 is 0 Å². The van der Waals surface area contributed by atoms with Crippen molar-refractivity contribution in [2.75, 3.05) is 0 Å². The van der Waals surface area contributed by atoms with Gasteiger partial charge in [0.25, 0.3) is 0 Å². The van der Waals surface area contributed by atoms with E-state index in [4.69, 9.17) is 4.74 Å². The van der Waals surface area contributed by atoms with Gasteiger partial charge in [0.1, 0.15) is 18.5 Å². The first-order valence-corrected chi connectivity index (χ1v) is 6.23. The van der Waals surface area contributed by atoms with Gasteiger partial charge in [-0.2, -0.15) is 0 Å². The highest BCUT2D eigenvalue weighted by atomic mass is 79.9. The van der Waals surface area contributed by atoms with Gasteiger partial charge in [0.05, 0.1) is 0 Å². The monoisotopic (exact) mass is 290 g/mol. The van der Waals surface area contributed by atoms with Crippen LogP contribution in [-0.2, 0) is 6.61 Å². The summed E-state index contributed by atoms with van der Waals surface area (Å²) in [7, 11) is 0. The molecule has 0 aliphatic carbocycles. The summed E-state index contributed by atoms with van der Waals surface area (Å²) < 4.78 is 6.69. The molecule has 17 heavy (non-hydrogen) atoms. The summed E-state index contributed by atoms with van der Waals surface area (Å²) in [5.41, 5.74) is 2.78. The van der Waals surface area contributed by atoms with Gasteiger partial charge in [-0.3, -0.25) is 0 Å². The molecule has 0 aromatic heterocycles. The highest BCUT2D eigenvalue weighted by Crippen LogP contribution is 2.36. The van der Waals surface area contributed by atoms with Crippen molar-refractivity contribution in [2.45, 2.75) is 12.7 Å². The second-order valence-electron chi connectivity index (χ2n) is 4.07. The summed E-state index contributed by atoms with van der Waals surface area (Å²) in [5, 5.41) is 10.4. The Morgan fingerprint density at radius 3 is 2.82 bits per heavy atom. The summed E-state index contributed by atoms with van der Waals surface area (Å²) in [6, 6.07) is 13.5. The topological polar surface area (TPSA) is 29.5 Å². The van der Waals surface area contributed by atoms with Gasteiger partial charge in [0.2, 0.25) is 0 Å². The number of hydrogen-bond donors (Lipinski definition) is 1. The fraction of sp³-hybridized carbons (Fsp3) is 0.143. The smallest absolute Gasteiger partial charge is 0.127 e. The first-order valence-electron chi connectivity index (χ1n) is 5.44. The van der Waals surface area contributed by atoms with E-state index in [2.05, 4.69) is 15.9 Å². The summed E-state index contributed by atoms with van der Waals surface area (Å²) in [5.74, 6) is 0.739. The molecule has 0 spiro atoms. The Labute approximate surface area is 108 Å². The third kappa shape index (κ3) is 1.85. The van der Waals surface area contributed by atoms with E-state index in [0.29, 0.717) is 6.61 Å². The maximum Gasteiger partial charge on any atom is 0.127 e. The molecule has 0 bridgehead atoms. The molecule has 2 aromatic rings. The lowest BCUT2D eigenvalue weighted by Crippen LogP contribution is -2.00. The van der Waals surface area contributed by atoms with Crippen molar-refractivity contribution in [2.24, 2.45) is 0 Å². The van der Waals surface area contributed by atoms with E-state index < -0.39 is 6.10 Å². The summed E-state index contributed by atoms with van der Waals surface area (Å²) >= 11 is 3.41. The van der Waals surface area contributed by atoms with Gasteiger partial charge >= 0.3 is 0 Å². The van der Waals surface area contributed by atoms with E-state index in [-0.39, 0.29) is 0 Å². The number of hydrogen-bond acceptors (Lipinski definition) is 2. The number of benzene rings is 2.